The van der Waals surface area contributed by atoms with E-state index in [-0.39, 0.29) is 22.3 Å². The zero-order valence-corrected chi connectivity index (χ0v) is 20.9. The Morgan fingerprint density at radius 1 is 1.11 bits per heavy atom. The second-order valence-electron chi connectivity index (χ2n) is 10.7. The van der Waals surface area contributed by atoms with Crippen LogP contribution in [0.15, 0.2) is 47.4 Å². The molecule has 184 valence electrons. The first-order chi connectivity index (χ1) is 17.2. The van der Waals surface area contributed by atoms with Crippen LogP contribution in [0.5, 0.6) is 0 Å². The maximum absolute atomic E-state index is 13.1. The number of benzene rings is 1. The molecule has 0 atom stereocenters. The van der Waals surface area contributed by atoms with Crippen LogP contribution in [0.3, 0.4) is 0 Å². The fourth-order valence-electron chi connectivity index (χ4n) is 5.07. The summed E-state index contributed by atoms with van der Waals surface area (Å²) in [6.07, 6.45) is 3.37. The van der Waals surface area contributed by atoms with E-state index in [1.165, 1.54) is 0 Å². The van der Waals surface area contributed by atoms with Crippen molar-refractivity contribution in [3.8, 4) is 5.82 Å². The predicted octanol–water partition coefficient (Wildman–Crippen LogP) is 3.70. The number of nitrogens with zero attached hydrogens (tertiary/aromatic N) is 5. The van der Waals surface area contributed by atoms with Gasteiger partial charge in [0.1, 0.15) is 5.39 Å². The van der Waals surface area contributed by atoms with E-state index in [0.717, 1.165) is 35.3 Å². The highest BCUT2D eigenvalue weighted by atomic mass is 16.2. The third-order valence-electron chi connectivity index (χ3n) is 7.20. The highest BCUT2D eigenvalue weighted by Gasteiger charge is 2.53. The first kappa shape index (κ1) is 22.5. The number of rotatable bonds is 4. The Bertz CT molecular complexity index is 1590. The van der Waals surface area contributed by atoms with Gasteiger partial charge in [0, 0.05) is 36.1 Å². The van der Waals surface area contributed by atoms with Crippen molar-refractivity contribution in [3.63, 3.8) is 0 Å². The van der Waals surface area contributed by atoms with Crippen LogP contribution in [0.4, 0.5) is 11.6 Å². The molecule has 9 nitrogen and oxygen atoms in total. The minimum Gasteiger partial charge on any atom is -0.351 e. The quantitative estimate of drug-likeness (QED) is 0.458. The standard InChI is InChI=1S/C27H29N7O2/c1-5-33-23(35)18-15-29-25(32-22(18)34(33)21-8-6-7-20(31-21)26(2,3)4)30-17-9-10-19-16(13-17)14-28-24(36)27(19)11-12-27/h6-10,13,15H,5,11-12,14H2,1-4H3,(H,28,36)(H,29,30,32). The van der Waals surface area contributed by atoms with Crippen LogP contribution in [0.2, 0.25) is 0 Å². The predicted molar refractivity (Wildman–Crippen MR) is 138 cm³/mol. The number of pyridine rings is 1. The van der Waals surface area contributed by atoms with E-state index in [9.17, 15) is 9.59 Å². The average molecular weight is 484 g/mol. The van der Waals surface area contributed by atoms with Crippen LogP contribution in [0.1, 0.15) is 57.4 Å². The number of carbonyl (C=O) groups is 1. The molecule has 2 N–H and O–H groups in total. The van der Waals surface area contributed by atoms with Gasteiger partial charge < -0.3 is 10.6 Å². The van der Waals surface area contributed by atoms with E-state index >= 15 is 0 Å². The summed E-state index contributed by atoms with van der Waals surface area (Å²) in [4.78, 5) is 39.5. The second-order valence-corrected chi connectivity index (χ2v) is 10.7. The molecular formula is C27H29N7O2. The largest absolute Gasteiger partial charge is 0.351 e. The van der Waals surface area contributed by atoms with E-state index in [1.807, 2.05) is 43.3 Å². The molecule has 4 heterocycles. The van der Waals surface area contributed by atoms with Crippen LogP contribution < -0.4 is 16.2 Å². The van der Waals surface area contributed by atoms with Crippen LogP contribution in [0, 0.1) is 0 Å². The number of aromatic nitrogens is 5. The molecule has 0 saturated heterocycles. The van der Waals surface area contributed by atoms with E-state index in [4.69, 9.17) is 9.97 Å². The van der Waals surface area contributed by atoms with E-state index in [1.54, 1.807) is 15.6 Å². The van der Waals surface area contributed by atoms with Gasteiger partial charge in [-0.3, -0.25) is 9.59 Å². The van der Waals surface area contributed by atoms with E-state index in [2.05, 4.69) is 36.4 Å². The summed E-state index contributed by atoms with van der Waals surface area (Å²) < 4.78 is 3.41. The van der Waals surface area contributed by atoms with E-state index < -0.39 is 0 Å². The Hall–Kier alpha value is -4.01. The van der Waals surface area contributed by atoms with Gasteiger partial charge in [-0.25, -0.2) is 19.3 Å². The molecule has 36 heavy (non-hydrogen) atoms. The third-order valence-corrected chi connectivity index (χ3v) is 7.20. The lowest BCUT2D eigenvalue weighted by Crippen LogP contribution is -2.39. The maximum atomic E-state index is 13.1. The normalized spacial score (nSPS) is 16.2. The Morgan fingerprint density at radius 3 is 2.64 bits per heavy atom. The number of anilines is 2. The zero-order chi connectivity index (χ0) is 25.2. The molecule has 0 bridgehead atoms. The van der Waals surface area contributed by atoms with E-state index in [0.29, 0.717) is 35.9 Å². The van der Waals surface area contributed by atoms with Crippen LogP contribution in [-0.2, 0) is 28.7 Å². The van der Waals surface area contributed by atoms with Gasteiger partial charge in [-0.1, -0.05) is 32.9 Å². The summed E-state index contributed by atoms with van der Waals surface area (Å²) in [6.45, 7) is 9.24. The van der Waals surface area contributed by atoms with Crippen molar-refractivity contribution in [2.24, 2.45) is 0 Å². The number of hydrogen-bond donors (Lipinski definition) is 2. The number of hydrogen-bond acceptors (Lipinski definition) is 6. The molecule has 1 aliphatic carbocycles. The Labute approximate surface area is 208 Å². The number of fused-ring (bicyclic) bond motifs is 3. The summed E-state index contributed by atoms with van der Waals surface area (Å²) in [5.41, 5.74) is 3.86. The molecule has 0 unspecified atom stereocenters. The molecule has 1 fully saturated rings. The topological polar surface area (TPSA) is 107 Å². The van der Waals surface area contributed by atoms with Crippen molar-refractivity contribution in [2.45, 2.75) is 64.5 Å². The number of amides is 1. The van der Waals surface area contributed by atoms with Gasteiger partial charge in [0.2, 0.25) is 11.9 Å². The lowest BCUT2D eigenvalue weighted by molar-refractivity contribution is -0.124. The molecule has 0 radical (unpaired) electrons. The molecule has 9 heteroatoms. The van der Waals surface area contributed by atoms with Gasteiger partial charge in [-0.15, -0.1) is 0 Å². The van der Waals surface area contributed by atoms with Crippen molar-refractivity contribution < 1.29 is 4.79 Å². The van der Waals surface area contributed by atoms with Crippen molar-refractivity contribution >= 4 is 28.6 Å². The first-order valence-electron chi connectivity index (χ1n) is 12.4. The summed E-state index contributed by atoms with van der Waals surface area (Å²) in [7, 11) is 0. The lowest BCUT2D eigenvalue weighted by atomic mass is 9.87. The summed E-state index contributed by atoms with van der Waals surface area (Å²) in [5.74, 6) is 1.16. The van der Waals surface area contributed by atoms with Gasteiger partial charge in [-0.2, -0.15) is 4.98 Å². The average Bonchev–Trinajstić information content (AvgIpc) is 3.60. The molecule has 1 aromatic carbocycles. The molecular weight excluding hydrogens is 454 g/mol. The monoisotopic (exact) mass is 483 g/mol. The molecule has 1 spiro atoms. The fraction of sp³-hybridized carbons (Fsp3) is 0.370. The SMILES string of the molecule is CCn1c(=O)c2cnc(Nc3ccc4c(c3)CNC(=O)C43CC3)nc2n1-c1cccc(C(C)(C)C)n1. The van der Waals surface area contributed by atoms with Crippen LogP contribution >= 0.6 is 0 Å². The third kappa shape index (κ3) is 3.41. The minimum absolute atomic E-state index is 0.132. The molecule has 2 aliphatic rings. The molecule has 1 aliphatic heterocycles. The van der Waals surface area contributed by atoms with Gasteiger partial charge in [0.05, 0.1) is 5.41 Å². The summed E-state index contributed by atoms with van der Waals surface area (Å²) in [6, 6.07) is 11.9. The summed E-state index contributed by atoms with van der Waals surface area (Å²) >= 11 is 0. The van der Waals surface area contributed by atoms with Crippen molar-refractivity contribution in [1.29, 1.82) is 0 Å². The smallest absolute Gasteiger partial charge is 0.278 e. The highest BCUT2D eigenvalue weighted by molar-refractivity contribution is 5.93. The first-order valence-corrected chi connectivity index (χ1v) is 12.4. The van der Waals surface area contributed by atoms with Gasteiger partial charge in [0.25, 0.3) is 5.56 Å². The highest BCUT2D eigenvalue weighted by Crippen LogP contribution is 2.51. The van der Waals surface area contributed by atoms with Crippen molar-refractivity contribution in [1.82, 2.24) is 29.6 Å². The Morgan fingerprint density at radius 2 is 1.92 bits per heavy atom. The number of nitrogens with one attached hydrogen (secondary N) is 2. The molecule has 1 saturated carbocycles. The molecule has 4 aromatic rings. The molecule has 6 rings (SSSR count). The van der Waals surface area contributed by atoms with Gasteiger partial charge in [-0.05, 0) is 55.2 Å². The van der Waals surface area contributed by atoms with Crippen molar-refractivity contribution in [3.05, 3.63) is 69.8 Å². The van der Waals surface area contributed by atoms with Gasteiger partial charge in [0.15, 0.2) is 11.5 Å². The lowest BCUT2D eigenvalue weighted by Gasteiger charge is -2.25. The minimum atomic E-state index is -0.338. The second kappa shape index (κ2) is 7.74. The Kier molecular flexibility index (Phi) is 4.83. The van der Waals surface area contributed by atoms with Crippen LogP contribution in [-0.4, -0.2) is 30.2 Å². The van der Waals surface area contributed by atoms with Crippen LogP contribution in [0.25, 0.3) is 16.9 Å². The van der Waals surface area contributed by atoms with Gasteiger partial charge >= 0.3 is 0 Å². The molecule has 3 aromatic heterocycles. The zero-order valence-electron chi connectivity index (χ0n) is 20.9. The number of carbonyl (C=O) groups excluding carboxylic acids is 1. The van der Waals surface area contributed by atoms with Crippen molar-refractivity contribution in [2.75, 3.05) is 5.32 Å². The maximum Gasteiger partial charge on any atom is 0.278 e. The summed E-state index contributed by atoms with van der Waals surface area (Å²) in [5, 5.41) is 6.74. The fourth-order valence-corrected chi connectivity index (χ4v) is 5.07. The molecule has 1 amide bonds. The Balaban J connectivity index is 1.42.